The zero-order valence-corrected chi connectivity index (χ0v) is 12.0. The van der Waals surface area contributed by atoms with Gasteiger partial charge in [0.05, 0.1) is 17.4 Å². The highest BCUT2D eigenvalue weighted by Crippen LogP contribution is 2.28. The first-order valence-corrected chi connectivity index (χ1v) is 8.95. The van der Waals surface area contributed by atoms with Gasteiger partial charge in [0.2, 0.25) is 0 Å². The van der Waals surface area contributed by atoms with E-state index in [0.717, 1.165) is 32.2 Å². The molecule has 1 saturated heterocycles. The van der Waals surface area contributed by atoms with Crippen molar-refractivity contribution in [2.45, 2.75) is 44.6 Å². The van der Waals surface area contributed by atoms with Gasteiger partial charge in [-0.1, -0.05) is 0 Å². The first-order chi connectivity index (χ1) is 8.96. The van der Waals surface area contributed by atoms with E-state index in [1.165, 1.54) is 0 Å². The summed E-state index contributed by atoms with van der Waals surface area (Å²) in [5.41, 5.74) is 0. The monoisotopic (exact) mass is 289 g/mol. The average molecular weight is 289 g/mol. The van der Waals surface area contributed by atoms with Crippen molar-refractivity contribution in [3.8, 4) is 0 Å². The Kier molecular flexibility index (Phi) is 4.84. The average Bonchev–Trinajstić information content (AvgIpc) is 2.38. The lowest BCUT2D eigenvalue weighted by Gasteiger charge is -2.29. The molecule has 0 radical (unpaired) electrons. The van der Waals surface area contributed by atoms with Gasteiger partial charge in [-0.25, -0.2) is 8.42 Å². The summed E-state index contributed by atoms with van der Waals surface area (Å²) in [5.74, 6) is 0.335. The van der Waals surface area contributed by atoms with Crippen molar-refractivity contribution < 1.29 is 18.3 Å². The fourth-order valence-corrected chi connectivity index (χ4v) is 4.53. The van der Waals surface area contributed by atoms with Crippen LogP contribution in [0.1, 0.15) is 38.5 Å². The van der Waals surface area contributed by atoms with Crippen molar-refractivity contribution in [2.24, 2.45) is 11.8 Å². The van der Waals surface area contributed by atoms with Crippen LogP contribution in [0.3, 0.4) is 0 Å². The van der Waals surface area contributed by atoms with E-state index in [9.17, 15) is 13.2 Å². The summed E-state index contributed by atoms with van der Waals surface area (Å²) in [6, 6.07) is 0.320. The molecule has 0 aromatic heterocycles. The molecular formula is C13H23NO4S. The molecule has 1 aliphatic carbocycles. The van der Waals surface area contributed by atoms with Crippen molar-refractivity contribution >= 4 is 15.8 Å². The van der Waals surface area contributed by atoms with Crippen LogP contribution in [0.15, 0.2) is 0 Å². The maximum Gasteiger partial charge on any atom is 0.306 e. The minimum atomic E-state index is -2.78. The normalized spacial score (nSPS) is 32.0. The van der Waals surface area contributed by atoms with Gasteiger partial charge in [-0.15, -0.1) is 0 Å². The van der Waals surface area contributed by atoms with Crippen molar-refractivity contribution in [2.75, 3.05) is 18.1 Å². The fourth-order valence-electron chi connectivity index (χ4n) is 3.04. The van der Waals surface area contributed by atoms with E-state index in [1.54, 1.807) is 0 Å². The highest BCUT2D eigenvalue weighted by atomic mass is 32.2. The number of sulfone groups is 1. The Hall–Kier alpha value is -0.620. The number of hydrogen-bond donors (Lipinski definition) is 2. The summed E-state index contributed by atoms with van der Waals surface area (Å²) in [6.07, 6.45) is 4.92. The summed E-state index contributed by atoms with van der Waals surface area (Å²) in [6.45, 7) is 0.900. The number of nitrogens with one attached hydrogen (secondary N) is 1. The number of aliphatic carboxylic acids is 1. The Morgan fingerprint density at radius 2 is 1.63 bits per heavy atom. The lowest BCUT2D eigenvalue weighted by atomic mass is 9.82. The molecule has 2 N–H and O–H groups in total. The minimum absolute atomic E-state index is 0.156. The zero-order valence-electron chi connectivity index (χ0n) is 11.2. The van der Waals surface area contributed by atoms with E-state index in [0.29, 0.717) is 36.3 Å². The Balaban J connectivity index is 1.66. The molecule has 0 atom stereocenters. The van der Waals surface area contributed by atoms with Crippen LogP contribution in [-0.2, 0) is 14.6 Å². The third kappa shape index (κ3) is 4.45. The summed E-state index contributed by atoms with van der Waals surface area (Å²) >= 11 is 0. The smallest absolute Gasteiger partial charge is 0.306 e. The molecule has 6 heteroatoms. The van der Waals surface area contributed by atoms with Gasteiger partial charge in [-0.2, -0.15) is 0 Å². The van der Waals surface area contributed by atoms with Gasteiger partial charge in [-0.3, -0.25) is 4.79 Å². The second kappa shape index (κ2) is 6.22. The first-order valence-electron chi connectivity index (χ1n) is 7.13. The highest BCUT2D eigenvalue weighted by molar-refractivity contribution is 7.91. The summed E-state index contributed by atoms with van der Waals surface area (Å²) < 4.78 is 22.6. The molecule has 5 nitrogen and oxygen atoms in total. The SMILES string of the molecule is O=C(O)C1CCC(CNC2CCS(=O)(=O)CC2)CC1. The Bertz CT molecular complexity index is 398. The molecule has 0 amide bonds. The molecule has 2 aliphatic rings. The van der Waals surface area contributed by atoms with Crippen LogP contribution in [0.4, 0.5) is 0 Å². The Morgan fingerprint density at radius 1 is 1.05 bits per heavy atom. The van der Waals surface area contributed by atoms with E-state index in [4.69, 9.17) is 5.11 Å². The molecule has 1 heterocycles. The number of hydrogen-bond acceptors (Lipinski definition) is 4. The van der Waals surface area contributed by atoms with Crippen LogP contribution in [0, 0.1) is 11.8 Å². The second-order valence-corrected chi connectivity index (χ2v) is 8.19. The largest absolute Gasteiger partial charge is 0.481 e. The van der Waals surface area contributed by atoms with Gasteiger partial charge >= 0.3 is 5.97 Å². The molecule has 0 spiro atoms. The quantitative estimate of drug-likeness (QED) is 0.808. The summed E-state index contributed by atoms with van der Waals surface area (Å²) in [4.78, 5) is 10.9. The molecule has 19 heavy (non-hydrogen) atoms. The fraction of sp³-hybridized carbons (Fsp3) is 0.923. The third-order valence-electron chi connectivity index (χ3n) is 4.45. The van der Waals surface area contributed by atoms with Gasteiger partial charge in [0, 0.05) is 6.04 Å². The standard InChI is InChI=1S/C13H23NO4S/c15-13(16)11-3-1-10(2-4-11)9-14-12-5-7-19(17,18)8-6-12/h10-12,14H,1-9H2,(H,15,16). The molecular weight excluding hydrogens is 266 g/mol. The second-order valence-electron chi connectivity index (χ2n) is 5.89. The van der Waals surface area contributed by atoms with Crippen molar-refractivity contribution in [3.05, 3.63) is 0 Å². The van der Waals surface area contributed by atoms with E-state index in [2.05, 4.69) is 5.32 Å². The number of carboxylic acids is 1. The summed E-state index contributed by atoms with van der Waals surface area (Å²) in [7, 11) is -2.78. The van der Waals surface area contributed by atoms with Crippen LogP contribution in [0.2, 0.25) is 0 Å². The molecule has 0 bridgehead atoms. The Labute approximate surface area is 114 Å². The lowest BCUT2D eigenvalue weighted by molar-refractivity contribution is -0.143. The van der Waals surface area contributed by atoms with E-state index in [1.807, 2.05) is 0 Å². The van der Waals surface area contributed by atoms with Gasteiger partial charge in [-0.05, 0) is 51.0 Å². The molecule has 2 rings (SSSR count). The molecule has 0 aromatic rings. The van der Waals surface area contributed by atoms with Crippen molar-refractivity contribution in [3.63, 3.8) is 0 Å². The first kappa shape index (κ1) is 14.8. The molecule has 0 aromatic carbocycles. The third-order valence-corrected chi connectivity index (χ3v) is 6.16. The van der Waals surface area contributed by atoms with Crippen LogP contribution in [-0.4, -0.2) is 43.6 Å². The predicted octanol–water partition coefficient (Wildman–Crippen LogP) is 1.04. The maximum absolute atomic E-state index is 11.3. The predicted molar refractivity (Wildman–Crippen MR) is 72.8 cm³/mol. The number of carboxylic acid groups (broad SMARTS) is 1. The highest BCUT2D eigenvalue weighted by Gasteiger charge is 2.27. The molecule has 1 aliphatic heterocycles. The van der Waals surface area contributed by atoms with E-state index >= 15 is 0 Å². The lowest BCUT2D eigenvalue weighted by Crippen LogP contribution is -2.40. The van der Waals surface area contributed by atoms with Crippen molar-refractivity contribution in [1.29, 1.82) is 0 Å². The molecule has 1 saturated carbocycles. The Morgan fingerprint density at radius 3 is 2.16 bits per heavy atom. The topological polar surface area (TPSA) is 83.5 Å². The molecule has 110 valence electrons. The van der Waals surface area contributed by atoms with E-state index < -0.39 is 15.8 Å². The van der Waals surface area contributed by atoms with E-state index in [-0.39, 0.29) is 5.92 Å². The zero-order chi connectivity index (χ0) is 13.9. The minimum Gasteiger partial charge on any atom is -0.481 e. The van der Waals surface area contributed by atoms with Crippen LogP contribution in [0.5, 0.6) is 0 Å². The van der Waals surface area contributed by atoms with Gasteiger partial charge in [0.1, 0.15) is 9.84 Å². The van der Waals surface area contributed by atoms with Gasteiger partial charge in [0.25, 0.3) is 0 Å². The maximum atomic E-state index is 11.3. The van der Waals surface area contributed by atoms with Gasteiger partial charge in [0.15, 0.2) is 0 Å². The number of carbonyl (C=O) groups is 1. The summed E-state index contributed by atoms with van der Waals surface area (Å²) in [5, 5.41) is 12.4. The number of rotatable bonds is 4. The van der Waals surface area contributed by atoms with Crippen molar-refractivity contribution in [1.82, 2.24) is 5.32 Å². The van der Waals surface area contributed by atoms with Gasteiger partial charge < -0.3 is 10.4 Å². The molecule has 2 fully saturated rings. The molecule has 0 unspecified atom stereocenters. The van der Waals surface area contributed by atoms with Crippen LogP contribution in [0.25, 0.3) is 0 Å². The van der Waals surface area contributed by atoms with Crippen LogP contribution >= 0.6 is 0 Å². The van der Waals surface area contributed by atoms with Crippen LogP contribution < -0.4 is 5.32 Å².